The number of nitrogens with one attached hydrogen (secondary N) is 4. The van der Waals surface area contributed by atoms with Gasteiger partial charge in [-0.2, -0.15) is 0 Å². The lowest BCUT2D eigenvalue weighted by Gasteiger charge is -2.26. The molecule has 0 saturated carbocycles. The van der Waals surface area contributed by atoms with Crippen molar-refractivity contribution in [1.29, 1.82) is 0 Å². The maximum Gasteiger partial charge on any atom is 0.524 e. The van der Waals surface area contributed by atoms with Crippen LogP contribution in [0.2, 0.25) is 0 Å². The van der Waals surface area contributed by atoms with E-state index in [2.05, 4.69) is 32.7 Å². The first-order valence-electron chi connectivity index (χ1n) is 12.2. The molecule has 0 fully saturated rings. The van der Waals surface area contributed by atoms with Gasteiger partial charge in [-0.3, -0.25) is 29.0 Å². The Hall–Kier alpha value is -2.95. The van der Waals surface area contributed by atoms with E-state index in [0.29, 0.717) is 12.1 Å². The van der Waals surface area contributed by atoms with Gasteiger partial charge in [0, 0.05) is 19.9 Å². The van der Waals surface area contributed by atoms with Crippen LogP contribution >= 0.6 is 7.82 Å². The molecule has 1 aromatic carbocycles. The zero-order valence-corrected chi connectivity index (χ0v) is 22.8. The van der Waals surface area contributed by atoms with E-state index in [9.17, 15) is 23.7 Å². The van der Waals surface area contributed by atoms with E-state index in [-0.39, 0.29) is 24.0 Å². The predicted molar refractivity (Wildman–Crippen MR) is 137 cm³/mol. The lowest BCUT2D eigenvalue weighted by molar-refractivity contribution is -0.134. The van der Waals surface area contributed by atoms with Gasteiger partial charge in [0.1, 0.15) is 23.9 Å². The Morgan fingerprint density at radius 3 is 2.05 bits per heavy atom. The Bertz CT molecular complexity index is 964. The van der Waals surface area contributed by atoms with Crippen LogP contribution in [-0.4, -0.2) is 58.1 Å². The van der Waals surface area contributed by atoms with E-state index in [4.69, 9.17) is 9.79 Å². The van der Waals surface area contributed by atoms with Gasteiger partial charge >= 0.3 is 7.82 Å². The summed E-state index contributed by atoms with van der Waals surface area (Å²) < 4.78 is 15.5. The molecular formula is C24H39N4O8P. The van der Waals surface area contributed by atoms with Crippen LogP contribution in [0.25, 0.3) is 0 Å². The van der Waals surface area contributed by atoms with Crippen molar-refractivity contribution in [3.63, 3.8) is 0 Å². The van der Waals surface area contributed by atoms with E-state index in [1.165, 1.54) is 31.2 Å². The monoisotopic (exact) mass is 542 g/mol. The Kier molecular flexibility index (Phi) is 13.3. The molecule has 0 aliphatic heterocycles. The molecule has 208 valence electrons. The Morgan fingerprint density at radius 2 is 1.54 bits per heavy atom. The second kappa shape index (κ2) is 15.3. The van der Waals surface area contributed by atoms with Crippen molar-refractivity contribution >= 4 is 31.5 Å². The summed E-state index contributed by atoms with van der Waals surface area (Å²) in [5.74, 6) is -2.28. The van der Waals surface area contributed by atoms with Crippen LogP contribution in [0.5, 0.6) is 5.75 Å². The fourth-order valence-corrected chi connectivity index (χ4v) is 3.81. The van der Waals surface area contributed by atoms with Crippen LogP contribution in [0.3, 0.4) is 0 Å². The Balaban J connectivity index is 2.86. The van der Waals surface area contributed by atoms with Crippen molar-refractivity contribution in [2.24, 2.45) is 5.92 Å². The average molecular weight is 543 g/mol. The van der Waals surface area contributed by atoms with Gasteiger partial charge in [0.15, 0.2) is 0 Å². The molecule has 0 radical (unpaired) electrons. The molecule has 6 N–H and O–H groups in total. The summed E-state index contributed by atoms with van der Waals surface area (Å²) in [6.07, 6.45) is 2.90. The predicted octanol–water partition coefficient (Wildman–Crippen LogP) is 1.16. The minimum absolute atomic E-state index is 0.0462. The number of phosphoric ester groups is 1. The highest BCUT2D eigenvalue weighted by Gasteiger charge is 2.30. The van der Waals surface area contributed by atoms with Gasteiger partial charge < -0.3 is 25.8 Å². The molecule has 0 aliphatic rings. The smallest absolute Gasteiger partial charge is 0.404 e. The van der Waals surface area contributed by atoms with Gasteiger partial charge in [-0.05, 0) is 37.0 Å². The van der Waals surface area contributed by atoms with Crippen molar-refractivity contribution in [2.45, 2.75) is 78.4 Å². The molecule has 3 atom stereocenters. The zero-order valence-electron chi connectivity index (χ0n) is 21.9. The number of carbonyl (C=O) groups is 4. The Morgan fingerprint density at radius 1 is 0.919 bits per heavy atom. The maximum absolute atomic E-state index is 13.1. The van der Waals surface area contributed by atoms with Crippen molar-refractivity contribution in [2.75, 3.05) is 6.54 Å². The van der Waals surface area contributed by atoms with Crippen molar-refractivity contribution in [3.05, 3.63) is 29.8 Å². The first-order valence-corrected chi connectivity index (χ1v) is 13.8. The molecular weight excluding hydrogens is 503 g/mol. The molecule has 0 aliphatic carbocycles. The summed E-state index contributed by atoms with van der Waals surface area (Å²) in [5, 5.41) is 10.6. The van der Waals surface area contributed by atoms with Crippen molar-refractivity contribution in [3.8, 4) is 5.75 Å². The van der Waals surface area contributed by atoms with Gasteiger partial charge in [0.25, 0.3) is 0 Å². The molecule has 0 bridgehead atoms. The van der Waals surface area contributed by atoms with E-state index < -0.39 is 43.7 Å². The van der Waals surface area contributed by atoms with E-state index in [0.717, 1.165) is 19.3 Å². The SMILES string of the molecule is CCCCCNC(=O)[C@@H](C)NC(=O)[C@@H](NC(=O)[C@H](Cc1ccc(OP(=O)(O)O)cc1)NC(C)=O)C(C)C. The Labute approximate surface area is 217 Å². The maximum atomic E-state index is 13.1. The lowest BCUT2D eigenvalue weighted by atomic mass is 10.0. The highest BCUT2D eigenvalue weighted by atomic mass is 31.2. The second-order valence-corrected chi connectivity index (χ2v) is 10.3. The number of phosphoric acid groups is 1. The number of unbranched alkanes of at least 4 members (excludes halogenated alkanes) is 2. The highest BCUT2D eigenvalue weighted by Crippen LogP contribution is 2.37. The molecule has 1 aromatic rings. The van der Waals surface area contributed by atoms with Crippen molar-refractivity contribution in [1.82, 2.24) is 21.3 Å². The summed E-state index contributed by atoms with van der Waals surface area (Å²) >= 11 is 0. The molecule has 0 aromatic heterocycles. The van der Waals surface area contributed by atoms with Gasteiger partial charge in [0.2, 0.25) is 23.6 Å². The second-order valence-electron chi connectivity index (χ2n) is 9.14. The number of rotatable bonds is 15. The van der Waals surface area contributed by atoms with Gasteiger partial charge in [-0.15, -0.1) is 0 Å². The quantitative estimate of drug-likeness (QED) is 0.141. The number of hydrogen-bond donors (Lipinski definition) is 6. The summed E-state index contributed by atoms with van der Waals surface area (Å²) in [7, 11) is -4.71. The van der Waals surface area contributed by atoms with Gasteiger partial charge in [-0.25, -0.2) is 4.57 Å². The van der Waals surface area contributed by atoms with Crippen LogP contribution in [0.1, 0.15) is 59.4 Å². The third kappa shape index (κ3) is 12.7. The third-order valence-electron chi connectivity index (χ3n) is 5.36. The molecule has 0 saturated heterocycles. The molecule has 13 heteroatoms. The fourth-order valence-electron chi connectivity index (χ4n) is 3.41. The van der Waals surface area contributed by atoms with E-state index in [1.807, 2.05) is 0 Å². The first kappa shape index (κ1) is 32.1. The lowest BCUT2D eigenvalue weighted by Crippen LogP contribution is -2.58. The molecule has 1 rings (SSSR count). The van der Waals surface area contributed by atoms with Gasteiger partial charge in [0.05, 0.1) is 0 Å². The topological polar surface area (TPSA) is 183 Å². The minimum atomic E-state index is -4.71. The number of amides is 4. The average Bonchev–Trinajstić information content (AvgIpc) is 2.79. The summed E-state index contributed by atoms with van der Waals surface area (Å²) in [4.78, 5) is 67.8. The van der Waals surface area contributed by atoms with Crippen LogP contribution < -0.4 is 25.8 Å². The summed E-state index contributed by atoms with van der Waals surface area (Å²) in [5.41, 5.74) is 0.575. The molecule has 0 spiro atoms. The zero-order chi connectivity index (χ0) is 28.2. The molecule has 0 heterocycles. The van der Waals surface area contributed by atoms with Crippen LogP contribution in [0, 0.1) is 5.92 Å². The van der Waals surface area contributed by atoms with Crippen LogP contribution in [0.4, 0.5) is 0 Å². The van der Waals surface area contributed by atoms with Crippen molar-refractivity contribution < 1.29 is 38.1 Å². The normalized spacial score (nSPS) is 13.7. The fraction of sp³-hybridized carbons (Fsp3) is 0.583. The third-order valence-corrected chi connectivity index (χ3v) is 5.81. The molecule has 12 nitrogen and oxygen atoms in total. The standard InChI is InChI=1S/C24H39N4O8P/c1-6-7-8-13-25-22(30)16(4)26-24(32)21(15(2)3)28-23(31)20(27-17(5)29)14-18-9-11-19(12-10-18)36-37(33,34)35/h9-12,15-16,20-21H,6-8,13-14H2,1-5H3,(H,25,30)(H,26,32)(H,27,29)(H,28,31)(H2,33,34,35)/t16-,20+,21+/m1/s1. The molecule has 37 heavy (non-hydrogen) atoms. The molecule has 4 amide bonds. The summed E-state index contributed by atoms with van der Waals surface area (Å²) in [6.45, 7) is 8.88. The minimum Gasteiger partial charge on any atom is -0.404 e. The molecule has 0 unspecified atom stereocenters. The highest BCUT2D eigenvalue weighted by molar-refractivity contribution is 7.46. The van der Waals surface area contributed by atoms with E-state index in [1.54, 1.807) is 20.8 Å². The largest absolute Gasteiger partial charge is 0.524 e. The number of benzene rings is 1. The van der Waals surface area contributed by atoms with Crippen LogP contribution in [-0.2, 0) is 30.2 Å². The number of carbonyl (C=O) groups excluding carboxylic acids is 4. The first-order chi connectivity index (χ1) is 17.2. The summed E-state index contributed by atoms with van der Waals surface area (Å²) in [6, 6.07) is 2.87. The van der Waals surface area contributed by atoms with Gasteiger partial charge in [-0.1, -0.05) is 45.7 Å². The number of hydrogen-bond acceptors (Lipinski definition) is 6. The van der Waals surface area contributed by atoms with E-state index >= 15 is 0 Å². The van der Waals surface area contributed by atoms with Crippen LogP contribution in [0.15, 0.2) is 24.3 Å².